The van der Waals surface area contributed by atoms with E-state index in [9.17, 15) is 4.79 Å². The van der Waals surface area contributed by atoms with Gasteiger partial charge >= 0.3 is 0 Å². The van der Waals surface area contributed by atoms with Crippen molar-refractivity contribution in [2.24, 2.45) is 0 Å². The molecule has 1 amide bonds. The van der Waals surface area contributed by atoms with Crippen LogP contribution in [0.5, 0.6) is 0 Å². The number of aromatic nitrogens is 1. The zero-order valence-corrected chi connectivity index (χ0v) is 12.1. The van der Waals surface area contributed by atoms with Crippen molar-refractivity contribution in [3.63, 3.8) is 0 Å². The fourth-order valence-electron chi connectivity index (χ4n) is 2.45. The van der Waals surface area contributed by atoms with Crippen LogP contribution in [0.1, 0.15) is 34.7 Å². The largest absolute Gasteiger partial charge is 0.360 e. The molecule has 0 spiro atoms. The van der Waals surface area contributed by atoms with Crippen molar-refractivity contribution in [1.82, 2.24) is 5.16 Å². The zero-order chi connectivity index (χ0) is 13.9. The number of aryl methyl sites for hydroxylation is 1. The Bertz CT molecular complexity index is 637. The van der Waals surface area contributed by atoms with Crippen LogP contribution in [0.25, 0.3) is 0 Å². The topological polar surface area (TPSA) is 55.1 Å². The van der Waals surface area contributed by atoms with Gasteiger partial charge in [0.1, 0.15) is 5.76 Å². The van der Waals surface area contributed by atoms with Gasteiger partial charge in [-0.25, -0.2) is 0 Å². The highest BCUT2D eigenvalue weighted by Gasteiger charge is 2.23. The van der Waals surface area contributed by atoms with Crippen LogP contribution >= 0.6 is 11.8 Å². The number of hydrogen-bond acceptors (Lipinski definition) is 4. The van der Waals surface area contributed by atoms with Crippen LogP contribution in [0.3, 0.4) is 0 Å². The summed E-state index contributed by atoms with van der Waals surface area (Å²) >= 11 is 1.64. The molecular weight excluding hydrogens is 272 g/mol. The second-order valence-corrected chi connectivity index (χ2v) is 5.71. The van der Waals surface area contributed by atoms with Crippen LogP contribution in [0.2, 0.25) is 0 Å². The first kappa shape index (κ1) is 13.2. The molecule has 20 heavy (non-hydrogen) atoms. The first-order valence-electron chi connectivity index (χ1n) is 6.71. The Morgan fingerprint density at radius 2 is 2.20 bits per heavy atom. The van der Waals surface area contributed by atoms with Gasteiger partial charge in [-0.3, -0.25) is 4.79 Å². The van der Waals surface area contributed by atoms with E-state index in [1.807, 2.05) is 30.5 Å². The Morgan fingerprint density at radius 1 is 1.35 bits per heavy atom. The summed E-state index contributed by atoms with van der Waals surface area (Å²) in [5.74, 6) is 0.689. The average Bonchev–Trinajstić information content (AvgIpc) is 2.91. The molecule has 1 aromatic carbocycles. The fraction of sp³-hybridized carbons (Fsp3) is 0.333. The minimum atomic E-state index is -0.185. The molecule has 1 heterocycles. The van der Waals surface area contributed by atoms with Gasteiger partial charge in [0.15, 0.2) is 5.69 Å². The third kappa shape index (κ3) is 2.58. The standard InChI is InChI=1S/C15H16N2O2S/c1-20-11-6-4-5-10(9-11)16-15(18)14-12-7-2-3-8-13(12)19-17-14/h4-6,9H,2-3,7-8H2,1H3,(H,16,18). The molecule has 0 fully saturated rings. The second-order valence-electron chi connectivity index (χ2n) is 4.83. The molecule has 0 bridgehead atoms. The number of rotatable bonds is 3. The molecule has 2 aromatic rings. The van der Waals surface area contributed by atoms with E-state index in [4.69, 9.17) is 4.52 Å². The molecule has 0 saturated carbocycles. The first-order valence-corrected chi connectivity index (χ1v) is 7.93. The molecule has 0 atom stereocenters. The minimum absolute atomic E-state index is 0.185. The van der Waals surface area contributed by atoms with Crippen molar-refractivity contribution in [3.05, 3.63) is 41.3 Å². The van der Waals surface area contributed by atoms with Crippen LogP contribution in [0.4, 0.5) is 5.69 Å². The summed E-state index contributed by atoms with van der Waals surface area (Å²) in [6, 6.07) is 7.78. The van der Waals surface area contributed by atoms with Crippen molar-refractivity contribution in [2.75, 3.05) is 11.6 Å². The highest BCUT2D eigenvalue weighted by Crippen LogP contribution is 2.25. The van der Waals surface area contributed by atoms with E-state index in [-0.39, 0.29) is 5.91 Å². The van der Waals surface area contributed by atoms with Crippen LogP contribution in [0, 0.1) is 0 Å². The summed E-state index contributed by atoms with van der Waals surface area (Å²) in [7, 11) is 0. The summed E-state index contributed by atoms with van der Waals surface area (Å²) < 4.78 is 5.28. The maximum Gasteiger partial charge on any atom is 0.278 e. The number of amides is 1. The van der Waals surface area contributed by atoms with E-state index in [2.05, 4.69) is 10.5 Å². The van der Waals surface area contributed by atoms with Gasteiger partial charge in [-0.15, -0.1) is 11.8 Å². The van der Waals surface area contributed by atoms with Crippen molar-refractivity contribution in [1.29, 1.82) is 0 Å². The number of hydrogen-bond donors (Lipinski definition) is 1. The SMILES string of the molecule is CSc1cccc(NC(=O)c2noc3c2CCCC3)c1. The van der Waals surface area contributed by atoms with E-state index in [0.29, 0.717) is 5.69 Å². The Kier molecular flexibility index (Phi) is 3.78. The van der Waals surface area contributed by atoms with Gasteiger partial charge < -0.3 is 9.84 Å². The quantitative estimate of drug-likeness (QED) is 0.878. The molecule has 0 radical (unpaired) electrons. The van der Waals surface area contributed by atoms with Gasteiger partial charge in [0.2, 0.25) is 0 Å². The Hall–Kier alpha value is -1.75. The monoisotopic (exact) mass is 288 g/mol. The van der Waals surface area contributed by atoms with Gasteiger partial charge in [-0.1, -0.05) is 11.2 Å². The molecule has 5 heteroatoms. The predicted octanol–water partition coefficient (Wildman–Crippen LogP) is 3.53. The molecule has 0 aliphatic heterocycles. The van der Waals surface area contributed by atoms with E-state index in [1.165, 1.54) is 0 Å². The summed E-state index contributed by atoms with van der Waals surface area (Å²) in [5.41, 5.74) is 2.21. The number of thioether (sulfide) groups is 1. The molecule has 1 aromatic heterocycles. The number of benzene rings is 1. The lowest BCUT2D eigenvalue weighted by Gasteiger charge is -2.09. The van der Waals surface area contributed by atoms with Crippen LogP contribution in [-0.2, 0) is 12.8 Å². The Morgan fingerprint density at radius 3 is 3.05 bits per heavy atom. The van der Waals surface area contributed by atoms with Crippen LogP contribution in [0.15, 0.2) is 33.7 Å². The number of nitrogens with one attached hydrogen (secondary N) is 1. The third-order valence-corrected chi connectivity index (χ3v) is 4.22. The van der Waals surface area contributed by atoms with Gasteiger partial charge in [-0.2, -0.15) is 0 Å². The number of nitrogens with zero attached hydrogens (tertiary/aromatic N) is 1. The van der Waals surface area contributed by atoms with Gasteiger partial charge in [0.25, 0.3) is 5.91 Å². The lowest BCUT2D eigenvalue weighted by molar-refractivity contribution is 0.101. The van der Waals surface area contributed by atoms with Crippen molar-refractivity contribution >= 4 is 23.4 Å². The summed E-state index contributed by atoms with van der Waals surface area (Å²) in [5, 5.41) is 6.84. The summed E-state index contributed by atoms with van der Waals surface area (Å²) in [6.07, 6.45) is 5.98. The number of fused-ring (bicyclic) bond motifs is 1. The second kappa shape index (κ2) is 5.71. The van der Waals surface area contributed by atoms with Gasteiger partial charge in [-0.05, 0) is 43.7 Å². The number of carbonyl (C=O) groups excluding carboxylic acids is 1. The lowest BCUT2D eigenvalue weighted by Crippen LogP contribution is -2.15. The molecule has 1 aliphatic rings. The van der Waals surface area contributed by atoms with Gasteiger partial charge in [0.05, 0.1) is 0 Å². The number of carbonyl (C=O) groups is 1. The van der Waals surface area contributed by atoms with Crippen molar-refractivity contribution in [2.45, 2.75) is 30.6 Å². The Labute approximate surface area is 121 Å². The molecule has 3 rings (SSSR count). The maximum atomic E-state index is 12.3. The zero-order valence-electron chi connectivity index (χ0n) is 11.3. The molecule has 1 aliphatic carbocycles. The highest BCUT2D eigenvalue weighted by atomic mass is 32.2. The van der Waals surface area contributed by atoms with E-state index in [0.717, 1.165) is 47.6 Å². The van der Waals surface area contributed by atoms with E-state index >= 15 is 0 Å². The van der Waals surface area contributed by atoms with Gasteiger partial charge in [0, 0.05) is 22.6 Å². The van der Waals surface area contributed by atoms with Crippen molar-refractivity contribution in [3.8, 4) is 0 Å². The first-order chi connectivity index (χ1) is 9.78. The van der Waals surface area contributed by atoms with E-state index < -0.39 is 0 Å². The third-order valence-electron chi connectivity index (χ3n) is 3.49. The maximum absolute atomic E-state index is 12.3. The Balaban J connectivity index is 1.80. The van der Waals surface area contributed by atoms with Crippen LogP contribution < -0.4 is 5.32 Å². The fourth-order valence-corrected chi connectivity index (χ4v) is 2.91. The smallest absolute Gasteiger partial charge is 0.278 e. The minimum Gasteiger partial charge on any atom is -0.360 e. The number of anilines is 1. The van der Waals surface area contributed by atoms with E-state index in [1.54, 1.807) is 11.8 Å². The molecule has 0 saturated heterocycles. The van der Waals surface area contributed by atoms with Crippen molar-refractivity contribution < 1.29 is 9.32 Å². The molecule has 1 N–H and O–H groups in total. The normalized spacial score (nSPS) is 13.8. The highest BCUT2D eigenvalue weighted by molar-refractivity contribution is 7.98. The summed E-state index contributed by atoms with van der Waals surface area (Å²) in [4.78, 5) is 13.4. The average molecular weight is 288 g/mol. The summed E-state index contributed by atoms with van der Waals surface area (Å²) in [6.45, 7) is 0. The molecule has 104 valence electrons. The lowest BCUT2D eigenvalue weighted by atomic mass is 9.96. The van der Waals surface area contributed by atoms with Crippen LogP contribution in [-0.4, -0.2) is 17.3 Å². The molecule has 4 nitrogen and oxygen atoms in total. The molecular formula is C15H16N2O2S. The molecule has 0 unspecified atom stereocenters. The predicted molar refractivity (Wildman–Crippen MR) is 79.3 cm³/mol.